The quantitative estimate of drug-likeness (QED) is 0.328. The molecule has 0 bridgehead atoms. The van der Waals surface area contributed by atoms with Crippen molar-refractivity contribution in [1.29, 1.82) is 0 Å². The average Bonchev–Trinajstić information content (AvgIpc) is 2.84. The van der Waals surface area contributed by atoms with E-state index >= 15 is 0 Å². The van der Waals surface area contributed by atoms with Crippen LogP contribution in [0.3, 0.4) is 0 Å². The predicted molar refractivity (Wildman–Crippen MR) is 123 cm³/mol. The summed E-state index contributed by atoms with van der Waals surface area (Å²) in [6, 6.07) is 16.0. The van der Waals surface area contributed by atoms with Crippen LogP contribution < -0.4 is 14.8 Å². The first-order valence-electron chi connectivity index (χ1n) is 10.7. The highest BCUT2D eigenvalue weighted by Gasteiger charge is 2.13. The van der Waals surface area contributed by atoms with Gasteiger partial charge in [-0.3, -0.25) is 14.9 Å². The zero-order valence-electron chi connectivity index (χ0n) is 18.9. The van der Waals surface area contributed by atoms with Crippen LogP contribution in [0.25, 0.3) is 11.1 Å². The van der Waals surface area contributed by atoms with E-state index in [-0.39, 0.29) is 37.8 Å². The molecule has 0 unspecified atom stereocenters. The molecule has 3 aromatic carbocycles. The van der Waals surface area contributed by atoms with Crippen molar-refractivity contribution >= 4 is 11.8 Å². The van der Waals surface area contributed by atoms with E-state index in [1.807, 2.05) is 6.07 Å². The van der Waals surface area contributed by atoms with Crippen LogP contribution in [0.4, 0.5) is 8.78 Å². The lowest BCUT2D eigenvalue weighted by molar-refractivity contribution is -0.141. The molecule has 0 amide bonds. The molecule has 0 aliphatic carbocycles. The first-order valence-corrected chi connectivity index (χ1v) is 10.7. The van der Waals surface area contributed by atoms with Crippen LogP contribution in [0.15, 0.2) is 60.7 Å². The van der Waals surface area contributed by atoms with Crippen LogP contribution in [0, 0.1) is 11.6 Å². The number of halogens is 2. The third-order valence-electron chi connectivity index (χ3n) is 4.92. The number of esters is 1. The second-order valence-corrected chi connectivity index (χ2v) is 7.31. The maximum absolute atomic E-state index is 13.7. The van der Waals surface area contributed by atoms with Crippen molar-refractivity contribution in [3.63, 3.8) is 0 Å². The monoisotopic (exact) mass is 469 g/mol. The Morgan fingerprint density at radius 2 is 1.68 bits per heavy atom. The highest BCUT2D eigenvalue weighted by Crippen LogP contribution is 2.33. The molecule has 6 nitrogen and oxygen atoms in total. The van der Waals surface area contributed by atoms with Gasteiger partial charge in [-0.05, 0) is 42.3 Å². The molecule has 0 saturated heterocycles. The molecule has 0 saturated carbocycles. The van der Waals surface area contributed by atoms with Gasteiger partial charge >= 0.3 is 5.97 Å². The van der Waals surface area contributed by atoms with E-state index in [1.54, 1.807) is 49.4 Å². The number of nitrogens with one attached hydrogen (secondary N) is 1. The molecule has 0 spiro atoms. The van der Waals surface area contributed by atoms with Gasteiger partial charge in [0.15, 0.2) is 17.4 Å². The van der Waals surface area contributed by atoms with E-state index in [2.05, 4.69) is 5.32 Å². The molecule has 178 valence electrons. The van der Waals surface area contributed by atoms with Crippen LogP contribution in [0.5, 0.6) is 11.5 Å². The van der Waals surface area contributed by atoms with Crippen molar-refractivity contribution in [2.24, 2.45) is 0 Å². The summed E-state index contributed by atoms with van der Waals surface area (Å²) in [7, 11) is 1.39. The minimum Gasteiger partial charge on any atom is -0.496 e. The third-order valence-corrected chi connectivity index (χ3v) is 4.92. The number of rotatable bonds is 11. The summed E-state index contributed by atoms with van der Waals surface area (Å²) < 4.78 is 42.9. The van der Waals surface area contributed by atoms with Gasteiger partial charge < -0.3 is 14.2 Å². The molecule has 0 atom stereocenters. The molecule has 0 aromatic heterocycles. The number of hydrogen-bond donors (Lipinski definition) is 1. The SMILES string of the molecule is CCOC(=O)CNCC(=O)c1cccc(COc2ccc(-c3cc(F)c(F)cc3OC)cc2)c1. The van der Waals surface area contributed by atoms with Crippen LogP contribution in [-0.2, 0) is 16.1 Å². The maximum Gasteiger partial charge on any atom is 0.319 e. The van der Waals surface area contributed by atoms with Crippen LogP contribution >= 0.6 is 0 Å². The number of ether oxygens (including phenoxy) is 3. The normalized spacial score (nSPS) is 10.6. The Morgan fingerprint density at radius 3 is 2.38 bits per heavy atom. The second-order valence-electron chi connectivity index (χ2n) is 7.31. The number of ketones is 1. The van der Waals surface area contributed by atoms with Gasteiger partial charge in [0.2, 0.25) is 0 Å². The van der Waals surface area contributed by atoms with Gasteiger partial charge in [0, 0.05) is 17.2 Å². The molecule has 0 fully saturated rings. The zero-order valence-corrected chi connectivity index (χ0v) is 18.9. The first kappa shape index (κ1) is 24.9. The Morgan fingerprint density at radius 1 is 0.941 bits per heavy atom. The molecular formula is C26H25F2NO5. The summed E-state index contributed by atoms with van der Waals surface area (Å²) in [5, 5.41) is 2.77. The van der Waals surface area contributed by atoms with Crippen LogP contribution in [-0.4, -0.2) is 38.6 Å². The molecule has 0 heterocycles. The van der Waals surface area contributed by atoms with Gasteiger partial charge in [0.1, 0.15) is 18.1 Å². The van der Waals surface area contributed by atoms with Crippen molar-refractivity contribution < 1.29 is 32.6 Å². The fourth-order valence-corrected chi connectivity index (χ4v) is 3.25. The molecule has 0 aliphatic heterocycles. The van der Waals surface area contributed by atoms with Crippen molar-refractivity contribution in [3.8, 4) is 22.6 Å². The smallest absolute Gasteiger partial charge is 0.319 e. The fraction of sp³-hybridized carbons (Fsp3) is 0.231. The molecule has 0 aliphatic rings. The number of carbonyl (C=O) groups is 2. The summed E-state index contributed by atoms with van der Waals surface area (Å²) in [5.41, 5.74) is 2.36. The molecule has 8 heteroatoms. The van der Waals surface area contributed by atoms with Gasteiger partial charge in [0.25, 0.3) is 0 Å². The summed E-state index contributed by atoms with van der Waals surface area (Å²) in [4.78, 5) is 23.7. The molecule has 34 heavy (non-hydrogen) atoms. The van der Waals surface area contributed by atoms with E-state index in [0.29, 0.717) is 22.4 Å². The summed E-state index contributed by atoms with van der Waals surface area (Å²) >= 11 is 0. The zero-order chi connectivity index (χ0) is 24.5. The Balaban J connectivity index is 1.59. The Labute approximate surface area is 196 Å². The first-order chi connectivity index (χ1) is 16.4. The van der Waals surface area contributed by atoms with Gasteiger partial charge in [-0.15, -0.1) is 0 Å². The fourth-order valence-electron chi connectivity index (χ4n) is 3.25. The van der Waals surface area contributed by atoms with Crippen LogP contribution in [0.1, 0.15) is 22.8 Å². The number of hydrogen-bond acceptors (Lipinski definition) is 6. The minimum absolute atomic E-state index is 0.0119. The van der Waals surface area contributed by atoms with Crippen molar-refractivity contribution in [2.45, 2.75) is 13.5 Å². The second kappa shape index (κ2) is 11.9. The Hall–Kier alpha value is -3.78. The lowest BCUT2D eigenvalue weighted by Crippen LogP contribution is -2.29. The Kier molecular flexibility index (Phi) is 8.70. The lowest BCUT2D eigenvalue weighted by atomic mass is 10.0. The largest absolute Gasteiger partial charge is 0.496 e. The van der Waals surface area contributed by atoms with E-state index in [0.717, 1.165) is 17.7 Å². The molecule has 1 N–H and O–H groups in total. The van der Waals surface area contributed by atoms with Crippen molar-refractivity contribution in [2.75, 3.05) is 26.8 Å². The lowest BCUT2D eigenvalue weighted by Gasteiger charge is -2.11. The summed E-state index contributed by atoms with van der Waals surface area (Å²) in [6.07, 6.45) is 0. The van der Waals surface area contributed by atoms with E-state index in [4.69, 9.17) is 14.2 Å². The van der Waals surface area contributed by atoms with E-state index in [1.165, 1.54) is 7.11 Å². The standard InChI is InChI=1S/C26H25F2NO5/c1-3-33-26(31)15-29-14-24(30)19-6-4-5-17(11-19)16-34-20-9-7-18(8-10-20)21-12-22(27)23(28)13-25(21)32-2/h4-13,29H,3,14-16H2,1-2H3. The number of Topliss-reactive ketones (excluding diaryl/α,β-unsaturated/α-hetero) is 1. The van der Waals surface area contributed by atoms with E-state index in [9.17, 15) is 18.4 Å². The molecule has 3 aromatic rings. The predicted octanol–water partition coefficient (Wildman–Crippen LogP) is 4.55. The number of carbonyl (C=O) groups excluding carboxylic acids is 2. The topological polar surface area (TPSA) is 73.9 Å². The third kappa shape index (κ3) is 6.62. The minimum atomic E-state index is -0.976. The van der Waals surface area contributed by atoms with Gasteiger partial charge in [-0.2, -0.15) is 0 Å². The number of methoxy groups -OCH3 is 1. The van der Waals surface area contributed by atoms with Crippen molar-refractivity contribution in [3.05, 3.63) is 83.4 Å². The van der Waals surface area contributed by atoms with Crippen molar-refractivity contribution in [1.82, 2.24) is 5.32 Å². The summed E-state index contributed by atoms with van der Waals surface area (Å²) in [6.45, 7) is 2.21. The average molecular weight is 469 g/mol. The highest BCUT2D eigenvalue weighted by atomic mass is 19.2. The Bertz CT molecular complexity index is 1150. The van der Waals surface area contributed by atoms with Gasteiger partial charge in [0.05, 0.1) is 26.8 Å². The molecule has 0 radical (unpaired) electrons. The number of benzene rings is 3. The van der Waals surface area contributed by atoms with E-state index < -0.39 is 17.6 Å². The molecular weight excluding hydrogens is 444 g/mol. The molecule has 3 rings (SSSR count). The van der Waals surface area contributed by atoms with Gasteiger partial charge in [-0.25, -0.2) is 8.78 Å². The summed E-state index contributed by atoms with van der Waals surface area (Å²) in [5.74, 6) is -1.70. The van der Waals surface area contributed by atoms with Gasteiger partial charge in [-0.1, -0.05) is 30.3 Å². The van der Waals surface area contributed by atoms with Crippen LogP contribution in [0.2, 0.25) is 0 Å². The maximum atomic E-state index is 13.7. The highest BCUT2D eigenvalue weighted by molar-refractivity contribution is 5.98.